The maximum atomic E-state index is 11.1. The lowest BCUT2D eigenvalue weighted by atomic mass is 9.93. The minimum atomic E-state index is -0.833. The lowest BCUT2D eigenvalue weighted by molar-refractivity contribution is -0.139. The summed E-state index contributed by atoms with van der Waals surface area (Å²) in [4.78, 5) is 11.1. The van der Waals surface area contributed by atoms with Gasteiger partial charge in [-0.05, 0) is 31.9 Å². The molecule has 0 bridgehead atoms. The van der Waals surface area contributed by atoms with E-state index in [1.807, 2.05) is 38.1 Å². The molecule has 1 heterocycles. The summed E-state index contributed by atoms with van der Waals surface area (Å²) in [6.07, 6.45) is -0.196. The maximum Gasteiger partial charge on any atom is 0.310 e. The first kappa shape index (κ1) is 13.1. The van der Waals surface area contributed by atoms with Gasteiger partial charge in [-0.25, -0.2) is 0 Å². The first-order valence-electron chi connectivity index (χ1n) is 6.04. The van der Waals surface area contributed by atoms with Crippen molar-refractivity contribution in [2.45, 2.75) is 38.6 Å². The molecule has 1 N–H and O–H groups in total. The fourth-order valence-electron chi connectivity index (χ4n) is 2.17. The Hall–Kier alpha value is -1.39. The van der Waals surface area contributed by atoms with Crippen molar-refractivity contribution < 1.29 is 19.4 Å². The molecule has 0 aromatic heterocycles. The molecule has 1 saturated heterocycles. The van der Waals surface area contributed by atoms with Gasteiger partial charge in [0.15, 0.2) is 5.79 Å². The van der Waals surface area contributed by atoms with Crippen molar-refractivity contribution in [1.82, 2.24) is 0 Å². The van der Waals surface area contributed by atoms with Crippen LogP contribution in [0.15, 0.2) is 24.3 Å². The van der Waals surface area contributed by atoms with Gasteiger partial charge in [0.1, 0.15) is 6.10 Å². The number of carbonyl (C=O) groups is 1. The zero-order valence-electron chi connectivity index (χ0n) is 10.8. The van der Waals surface area contributed by atoms with Crippen molar-refractivity contribution in [3.8, 4) is 0 Å². The number of carboxylic acid groups (broad SMARTS) is 1. The van der Waals surface area contributed by atoms with Gasteiger partial charge in [-0.3, -0.25) is 4.79 Å². The minimum Gasteiger partial charge on any atom is -0.481 e. The van der Waals surface area contributed by atoms with Crippen molar-refractivity contribution in [2.24, 2.45) is 0 Å². The van der Waals surface area contributed by atoms with Crippen LogP contribution in [0.5, 0.6) is 0 Å². The summed E-state index contributed by atoms with van der Waals surface area (Å²) in [5.41, 5.74) is 1.69. The third-order valence-corrected chi connectivity index (χ3v) is 3.19. The predicted octanol–water partition coefficient (Wildman–Crippen LogP) is 2.70. The second-order valence-electron chi connectivity index (χ2n) is 5.01. The number of hydrogen-bond donors (Lipinski definition) is 1. The van der Waals surface area contributed by atoms with Gasteiger partial charge in [0.2, 0.25) is 0 Å². The third-order valence-electron chi connectivity index (χ3n) is 3.19. The molecule has 2 atom stereocenters. The highest BCUT2D eigenvalue weighted by Gasteiger charge is 2.35. The van der Waals surface area contributed by atoms with Crippen LogP contribution in [-0.4, -0.2) is 23.5 Å². The summed E-state index contributed by atoms with van der Waals surface area (Å²) in [5.74, 6) is -1.99. The van der Waals surface area contributed by atoms with Gasteiger partial charge in [-0.1, -0.05) is 24.3 Å². The largest absolute Gasteiger partial charge is 0.481 e. The van der Waals surface area contributed by atoms with Crippen molar-refractivity contribution >= 4 is 5.97 Å². The Bertz CT molecular complexity index is 453. The summed E-state index contributed by atoms with van der Waals surface area (Å²) in [5, 5.41) is 9.13. The van der Waals surface area contributed by atoms with E-state index in [9.17, 15) is 4.79 Å². The monoisotopic (exact) mass is 250 g/mol. The second kappa shape index (κ2) is 4.71. The van der Waals surface area contributed by atoms with E-state index < -0.39 is 17.7 Å². The average molecular weight is 250 g/mol. The van der Waals surface area contributed by atoms with Gasteiger partial charge in [-0.2, -0.15) is 0 Å². The highest BCUT2D eigenvalue weighted by Crippen LogP contribution is 2.36. The molecule has 1 aromatic carbocycles. The Kier molecular flexibility index (Phi) is 3.41. The molecular weight excluding hydrogens is 232 g/mol. The summed E-state index contributed by atoms with van der Waals surface area (Å²) >= 11 is 0. The van der Waals surface area contributed by atoms with Crippen LogP contribution in [0.25, 0.3) is 0 Å². The molecule has 1 aliphatic heterocycles. The maximum absolute atomic E-state index is 11.1. The van der Waals surface area contributed by atoms with E-state index in [0.717, 1.165) is 11.1 Å². The number of rotatable bonds is 3. The molecule has 4 nitrogen and oxygen atoms in total. The Morgan fingerprint density at radius 2 is 2.11 bits per heavy atom. The average Bonchev–Trinajstić information content (AvgIpc) is 2.68. The Labute approximate surface area is 107 Å². The van der Waals surface area contributed by atoms with Gasteiger partial charge in [0, 0.05) is 0 Å². The van der Waals surface area contributed by atoms with Gasteiger partial charge in [0.05, 0.1) is 12.5 Å². The molecule has 2 unspecified atom stereocenters. The summed E-state index contributed by atoms with van der Waals surface area (Å²) < 4.78 is 11.3. The van der Waals surface area contributed by atoms with Crippen LogP contribution >= 0.6 is 0 Å². The molecular formula is C14H18O4. The van der Waals surface area contributed by atoms with Gasteiger partial charge < -0.3 is 14.6 Å². The van der Waals surface area contributed by atoms with Crippen LogP contribution in [0.3, 0.4) is 0 Å². The fraction of sp³-hybridized carbons (Fsp3) is 0.500. The van der Waals surface area contributed by atoms with Crippen LogP contribution in [0.2, 0.25) is 0 Å². The van der Waals surface area contributed by atoms with Crippen LogP contribution in [-0.2, 0) is 14.3 Å². The molecule has 98 valence electrons. The van der Waals surface area contributed by atoms with E-state index in [-0.39, 0.29) is 6.10 Å². The van der Waals surface area contributed by atoms with Crippen molar-refractivity contribution in [1.29, 1.82) is 0 Å². The molecule has 0 spiro atoms. The third kappa shape index (κ3) is 2.54. The lowest BCUT2D eigenvalue weighted by Gasteiger charge is -2.20. The molecule has 0 radical (unpaired) electrons. The van der Waals surface area contributed by atoms with Crippen LogP contribution in [0.4, 0.5) is 0 Å². The molecule has 0 amide bonds. The number of aliphatic carboxylic acids is 1. The van der Waals surface area contributed by atoms with E-state index >= 15 is 0 Å². The number of carboxylic acids is 1. The first-order valence-corrected chi connectivity index (χ1v) is 6.04. The van der Waals surface area contributed by atoms with Crippen LogP contribution < -0.4 is 0 Å². The molecule has 18 heavy (non-hydrogen) atoms. The van der Waals surface area contributed by atoms with E-state index in [0.29, 0.717) is 6.61 Å². The lowest BCUT2D eigenvalue weighted by Crippen LogP contribution is -2.20. The number of hydrogen-bond acceptors (Lipinski definition) is 3. The van der Waals surface area contributed by atoms with E-state index in [1.165, 1.54) is 0 Å². The standard InChI is InChI=1S/C14H18O4/c1-9(13(15)16)10-6-4-5-7-11(10)12-8-17-14(2,3)18-12/h4-7,9,12H,8H2,1-3H3,(H,15,16). The summed E-state index contributed by atoms with van der Waals surface area (Å²) in [6.45, 7) is 5.85. The molecule has 1 aliphatic rings. The molecule has 1 fully saturated rings. The van der Waals surface area contributed by atoms with E-state index in [2.05, 4.69) is 0 Å². The van der Waals surface area contributed by atoms with Crippen LogP contribution in [0, 0.1) is 0 Å². The molecule has 0 saturated carbocycles. The Balaban J connectivity index is 2.31. The molecule has 0 aliphatic carbocycles. The van der Waals surface area contributed by atoms with Crippen LogP contribution in [0.1, 0.15) is 43.9 Å². The van der Waals surface area contributed by atoms with Crippen molar-refractivity contribution in [3.63, 3.8) is 0 Å². The number of benzene rings is 1. The van der Waals surface area contributed by atoms with E-state index in [1.54, 1.807) is 6.92 Å². The zero-order chi connectivity index (χ0) is 13.3. The Morgan fingerprint density at radius 1 is 1.44 bits per heavy atom. The van der Waals surface area contributed by atoms with Gasteiger partial charge in [-0.15, -0.1) is 0 Å². The topological polar surface area (TPSA) is 55.8 Å². The van der Waals surface area contributed by atoms with Gasteiger partial charge in [0.25, 0.3) is 0 Å². The summed E-state index contributed by atoms with van der Waals surface area (Å²) in [6, 6.07) is 7.48. The zero-order valence-corrected chi connectivity index (χ0v) is 10.8. The molecule has 2 rings (SSSR count). The normalized spacial score (nSPS) is 23.8. The minimum absolute atomic E-state index is 0.196. The first-order chi connectivity index (χ1) is 8.41. The van der Waals surface area contributed by atoms with Crippen molar-refractivity contribution in [3.05, 3.63) is 35.4 Å². The van der Waals surface area contributed by atoms with Gasteiger partial charge >= 0.3 is 5.97 Å². The molecule has 1 aromatic rings. The highest BCUT2D eigenvalue weighted by atomic mass is 16.7. The molecule has 4 heteroatoms. The second-order valence-corrected chi connectivity index (χ2v) is 5.01. The highest BCUT2D eigenvalue weighted by molar-refractivity contribution is 5.76. The quantitative estimate of drug-likeness (QED) is 0.896. The smallest absolute Gasteiger partial charge is 0.310 e. The van der Waals surface area contributed by atoms with Crippen molar-refractivity contribution in [2.75, 3.05) is 6.61 Å². The number of ether oxygens (including phenoxy) is 2. The van der Waals surface area contributed by atoms with E-state index in [4.69, 9.17) is 14.6 Å². The predicted molar refractivity (Wildman–Crippen MR) is 66.3 cm³/mol. The fourth-order valence-corrected chi connectivity index (χ4v) is 2.17. The Morgan fingerprint density at radius 3 is 2.67 bits per heavy atom. The summed E-state index contributed by atoms with van der Waals surface area (Å²) in [7, 11) is 0. The SMILES string of the molecule is CC(C(=O)O)c1ccccc1C1COC(C)(C)O1.